The zero-order valence-electron chi connectivity index (χ0n) is 11.0. The number of para-hydroxylation sites is 1. The van der Waals surface area contributed by atoms with Gasteiger partial charge in [0.05, 0.1) is 17.3 Å². The second-order valence-corrected chi connectivity index (χ2v) is 5.47. The van der Waals surface area contributed by atoms with E-state index in [1.165, 1.54) is 0 Å². The van der Waals surface area contributed by atoms with Crippen molar-refractivity contribution in [3.05, 3.63) is 48.0 Å². The number of hydrogen-bond donors (Lipinski definition) is 0. The molecule has 0 saturated carbocycles. The average molecular weight is 365 g/mol. The molecule has 3 rings (SSSR count). The minimum atomic E-state index is -4.03. The van der Waals surface area contributed by atoms with Crippen LogP contribution in [0.4, 0.5) is 17.6 Å². The molecule has 4 nitrogen and oxygen atoms in total. The van der Waals surface area contributed by atoms with E-state index < -0.39 is 22.3 Å². The molecule has 1 aromatic carbocycles. The van der Waals surface area contributed by atoms with Crippen molar-refractivity contribution in [2.75, 3.05) is 0 Å². The van der Waals surface area contributed by atoms with Crippen molar-refractivity contribution in [1.82, 2.24) is 19.7 Å². The molecule has 0 atom stereocenters. The van der Waals surface area contributed by atoms with E-state index >= 15 is 0 Å². The smallest absolute Gasteiger partial charge is 0.222 e. The van der Waals surface area contributed by atoms with Gasteiger partial charge in [-0.3, -0.25) is 0 Å². The molecular weight excluding hydrogens is 359 g/mol. The molecule has 2 aromatic heterocycles. The summed E-state index contributed by atoms with van der Waals surface area (Å²) in [5.41, 5.74) is -0.896. The van der Waals surface area contributed by atoms with Crippen LogP contribution in [0.3, 0.4) is 0 Å². The molecule has 120 valence electrons. The Morgan fingerprint density at radius 2 is 1.57 bits per heavy atom. The molecule has 0 bridgehead atoms. The van der Waals surface area contributed by atoms with Gasteiger partial charge in [-0.1, -0.05) is 18.2 Å². The van der Waals surface area contributed by atoms with Crippen LogP contribution >= 0.6 is 23.2 Å². The molecule has 0 amide bonds. The quantitative estimate of drug-likeness (QED) is 0.511. The minimum Gasteiger partial charge on any atom is -0.222 e. The zero-order valence-corrected chi connectivity index (χ0v) is 12.5. The second-order valence-electron chi connectivity index (χ2n) is 4.52. The molecule has 0 unspecified atom stereocenters. The molecule has 0 radical (unpaired) electrons. The normalized spacial score (nSPS) is 12.8. The maximum Gasteiger partial charge on any atom is 0.381 e. The molecule has 0 fully saturated rings. The Balaban J connectivity index is 2.35. The Labute approximate surface area is 136 Å². The molecule has 0 aliphatic heterocycles. The van der Waals surface area contributed by atoms with Crippen molar-refractivity contribution < 1.29 is 17.6 Å². The predicted molar refractivity (Wildman–Crippen MR) is 76.2 cm³/mol. The number of rotatable bonds is 3. The monoisotopic (exact) mass is 364 g/mol. The van der Waals surface area contributed by atoms with Gasteiger partial charge in [-0.15, -0.1) is 0 Å². The Hall–Kier alpha value is -1.93. The number of hydrogen-bond acceptors (Lipinski definition) is 3. The van der Waals surface area contributed by atoms with E-state index in [9.17, 15) is 17.6 Å². The van der Waals surface area contributed by atoms with E-state index in [1.54, 1.807) is 30.3 Å². The van der Waals surface area contributed by atoms with Gasteiger partial charge < -0.3 is 0 Å². The van der Waals surface area contributed by atoms with Crippen molar-refractivity contribution >= 4 is 34.2 Å². The van der Waals surface area contributed by atoms with Crippen LogP contribution in [-0.4, -0.2) is 19.7 Å². The summed E-state index contributed by atoms with van der Waals surface area (Å²) in [5, 5.41) is -4.37. The number of nitrogens with zero attached hydrogens (tertiary/aromatic N) is 4. The molecular formula is C13H6Cl2F4N4. The number of alkyl halides is 6. The molecule has 0 spiro atoms. The summed E-state index contributed by atoms with van der Waals surface area (Å²) in [7, 11) is 0. The highest BCUT2D eigenvalue weighted by molar-refractivity contribution is 6.23. The van der Waals surface area contributed by atoms with Crippen LogP contribution in [0, 0.1) is 0 Å². The third kappa shape index (κ3) is 2.96. The van der Waals surface area contributed by atoms with Gasteiger partial charge in [0.2, 0.25) is 5.82 Å². The van der Waals surface area contributed by atoms with Crippen LogP contribution in [0.2, 0.25) is 0 Å². The number of halogens is 6. The van der Waals surface area contributed by atoms with Crippen LogP contribution in [0.15, 0.2) is 36.5 Å². The lowest BCUT2D eigenvalue weighted by molar-refractivity contribution is 0.0753. The Morgan fingerprint density at radius 1 is 0.913 bits per heavy atom. The minimum absolute atomic E-state index is 0.251. The van der Waals surface area contributed by atoms with E-state index in [1.807, 2.05) is 0 Å². The Bertz CT molecular complexity index is 856. The average Bonchev–Trinajstić information content (AvgIpc) is 2.89. The van der Waals surface area contributed by atoms with Gasteiger partial charge in [-0.05, 0) is 35.3 Å². The van der Waals surface area contributed by atoms with Gasteiger partial charge >= 0.3 is 10.8 Å². The number of fused-ring (bicyclic) bond motifs is 1. The fraction of sp³-hybridized carbons (Fsp3) is 0.154. The van der Waals surface area contributed by atoms with E-state index in [-0.39, 0.29) is 11.0 Å². The third-order valence-electron chi connectivity index (χ3n) is 2.95. The SMILES string of the molecule is FC(F)(Cl)c1nc(C(F)(F)Cl)c2cnn(-c3ccccc3)c2n1. The number of benzene rings is 1. The highest BCUT2D eigenvalue weighted by atomic mass is 35.5. The highest BCUT2D eigenvalue weighted by Gasteiger charge is 2.39. The van der Waals surface area contributed by atoms with Gasteiger partial charge in [0.25, 0.3) is 0 Å². The summed E-state index contributed by atoms with van der Waals surface area (Å²) in [5.74, 6) is -1.28. The summed E-state index contributed by atoms with van der Waals surface area (Å²) in [6.45, 7) is 0. The number of aromatic nitrogens is 4. The van der Waals surface area contributed by atoms with Crippen LogP contribution in [0.5, 0.6) is 0 Å². The van der Waals surface area contributed by atoms with E-state index in [0.29, 0.717) is 5.69 Å². The third-order valence-corrected chi connectivity index (χ3v) is 3.30. The Kier molecular flexibility index (Phi) is 3.68. The molecule has 0 N–H and O–H groups in total. The predicted octanol–water partition coefficient (Wildman–Crippen LogP) is 4.39. The lowest BCUT2D eigenvalue weighted by atomic mass is 10.3. The largest absolute Gasteiger partial charge is 0.381 e. The van der Waals surface area contributed by atoms with Gasteiger partial charge in [-0.2, -0.15) is 22.7 Å². The fourth-order valence-electron chi connectivity index (χ4n) is 2.01. The van der Waals surface area contributed by atoms with Crippen LogP contribution in [-0.2, 0) is 10.8 Å². The van der Waals surface area contributed by atoms with E-state index in [4.69, 9.17) is 23.2 Å². The Morgan fingerprint density at radius 3 is 2.13 bits per heavy atom. The van der Waals surface area contributed by atoms with Gasteiger partial charge in [0, 0.05) is 0 Å². The van der Waals surface area contributed by atoms with E-state index in [2.05, 4.69) is 15.1 Å². The lowest BCUT2D eigenvalue weighted by Gasteiger charge is -2.13. The maximum absolute atomic E-state index is 13.5. The van der Waals surface area contributed by atoms with Crippen molar-refractivity contribution in [2.45, 2.75) is 10.8 Å². The first-order chi connectivity index (χ1) is 10.7. The first-order valence-corrected chi connectivity index (χ1v) is 6.89. The molecule has 10 heteroatoms. The topological polar surface area (TPSA) is 43.6 Å². The fourth-order valence-corrected chi connectivity index (χ4v) is 2.24. The standard InChI is InChI=1S/C13H6Cl2F4N4/c14-12(16,17)9-8-6-20-23(7-4-2-1-3-5-7)10(8)22-11(21-9)13(15,18)19/h1-6H. The summed E-state index contributed by atoms with van der Waals surface area (Å²) >= 11 is 9.84. The van der Waals surface area contributed by atoms with E-state index in [0.717, 1.165) is 10.9 Å². The molecule has 0 aliphatic rings. The molecule has 0 saturated heterocycles. The van der Waals surface area contributed by atoms with Gasteiger partial charge in [0.15, 0.2) is 5.65 Å². The van der Waals surface area contributed by atoms with Gasteiger partial charge in [0.1, 0.15) is 5.69 Å². The summed E-state index contributed by atoms with van der Waals surface area (Å²) in [4.78, 5) is 6.69. The van der Waals surface area contributed by atoms with Crippen molar-refractivity contribution in [3.63, 3.8) is 0 Å². The molecule has 2 heterocycles. The first kappa shape index (κ1) is 15.9. The van der Waals surface area contributed by atoms with Crippen molar-refractivity contribution in [1.29, 1.82) is 0 Å². The van der Waals surface area contributed by atoms with Crippen LogP contribution in [0.1, 0.15) is 11.5 Å². The summed E-state index contributed by atoms with van der Waals surface area (Å²) in [6.07, 6.45) is 1.03. The summed E-state index contributed by atoms with van der Waals surface area (Å²) in [6, 6.07) is 8.26. The van der Waals surface area contributed by atoms with Crippen LogP contribution < -0.4 is 0 Å². The van der Waals surface area contributed by atoms with Crippen LogP contribution in [0.25, 0.3) is 16.7 Å². The van der Waals surface area contributed by atoms with Crippen molar-refractivity contribution in [2.24, 2.45) is 0 Å². The lowest BCUT2D eigenvalue weighted by Crippen LogP contribution is -2.16. The maximum atomic E-state index is 13.5. The van der Waals surface area contributed by atoms with Crippen molar-refractivity contribution in [3.8, 4) is 5.69 Å². The molecule has 3 aromatic rings. The molecule has 23 heavy (non-hydrogen) atoms. The highest BCUT2D eigenvalue weighted by Crippen LogP contribution is 2.38. The zero-order chi connectivity index (χ0) is 16.8. The molecule has 0 aliphatic carbocycles. The van der Waals surface area contributed by atoms with Gasteiger partial charge in [-0.25, -0.2) is 14.6 Å². The second kappa shape index (κ2) is 5.31. The summed E-state index contributed by atoms with van der Waals surface area (Å²) < 4.78 is 54.8. The first-order valence-electron chi connectivity index (χ1n) is 6.13.